The van der Waals surface area contributed by atoms with E-state index in [1.807, 2.05) is 6.92 Å². The van der Waals surface area contributed by atoms with Crippen LogP contribution in [0.15, 0.2) is 6.20 Å². The van der Waals surface area contributed by atoms with Gasteiger partial charge in [0.1, 0.15) is 6.54 Å². The minimum atomic E-state index is -4.21. The van der Waals surface area contributed by atoms with Crippen molar-refractivity contribution in [3.63, 3.8) is 0 Å². The summed E-state index contributed by atoms with van der Waals surface area (Å²) >= 11 is 0. The number of aromatic nitrogens is 2. The molecule has 0 atom stereocenters. The Labute approximate surface area is 92.7 Å². The smallest absolute Gasteiger partial charge is 0.356 e. The molecular weight excluding hydrogens is 219 g/mol. The summed E-state index contributed by atoms with van der Waals surface area (Å²) in [5, 5.41) is 2.91. The average molecular weight is 235 g/mol. The van der Waals surface area contributed by atoms with Gasteiger partial charge in [0.2, 0.25) is 5.95 Å². The summed E-state index contributed by atoms with van der Waals surface area (Å²) in [4.78, 5) is 4.02. The molecule has 0 aliphatic heterocycles. The van der Waals surface area contributed by atoms with Crippen molar-refractivity contribution in [3.05, 3.63) is 11.9 Å². The minimum Gasteiger partial charge on any atom is -0.356 e. The summed E-state index contributed by atoms with van der Waals surface area (Å²) in [6.45, 7) is 3.35. The monoisotopic (exact) mass is 235 g/mol. The Balaban J connectivity index is 2.67. The van der Waals surface area contributed by atoms with Gasteiger partial charge in [0.15, 0.2) is 0 Å². The molecule has 1 rings (SSSR count). The summed E-state index contributed by atoms with van der Waals surface area (Å²) < 4.78 is 37.8. The fourth-order valence-electron chi connectivity index (χ4n) is 1.38. The van der Waals surface area contributed by atoms with E-state index >= 15 is 0 Å². The Bertz CT molecular complexity index is 331. The van der Waals surface area contributed by atoms with Crippen LogP contribution in [0.25, 0.3) is 0 Å². The van der Waals surface area contributed by atoms with Crippen molar-refractivity contribution in [2.24, 2.45) is 0 Å². The third kappa shape index (κ3) is 4.12. The quantitative estimate of drug-likeness (QED) is 0.795. The van der Waals surface area contributed by atoms with Crippen LogP contribution in [-0.2, 0) is 6.54 Å². The Kier molecular flexibility index (Phi) is 4.20. The maximum absolute atomic E-state index is 12.2. The maximum atomic E-state index is 12.2. The van der Waals surface area contributed by atoms with Crippen molar-refractivity contribution in [3.8, 4) is 0 Å². The van der Waals surface area contributed by atoms with Gasteiger partial charge in [-0.05, 0) is 13.3 Å². The lowest BCUT2D eigenvalue weighted by atomic mass is 10.3. The SMILES string of the molecule is CCCCNc1nc(C)cn1CC(F)(F)F. The number of halogens is 3. The number of rotatable bonds is 5. The molecule has 0 bridgehead atoms. The molecule has 0 saturated heterocycles. The van der Waals surface area contributed by atoms with Crippen LogP contribution in [-0.4, -0.2) is 22.3 Å². The fraction of sp³-hybridized carbons (Fsp3) is 0.700. The van der Waals surface area contributed by atoms with Crippen molar-refractivity contribution >= 4 is 5.95 Å². The lowest BCUT2D eigenvalue weighted by Gasteiger charge is -2.11. The van der Waals surface area contributed by atoms with Gasteiger partial charge in [0.25, 0.3) is 0 Å². The first-order valence-corrected chi connectivity index (χ1v) is 5.27. The minimum absolute atomic E-state index is 0.295. The zero-order valence-corrected chi connectivity index (χ0v) is 9.43. The number of hydrogen-bond donors (Lipinski definition) is 1. The van der Waals surface area contributed by atoms with Gasteiger partial charge in [-0.3, -0.25) is 0 Å². The molecule has 0 aromatic carbocycles. The standard InChI is InChI=1S/C10H16F3N3/c1-3-4-5-14-9-15-8(2)6-16(9)7-10(11,12)13/h6H,3-5,7H2,1-2H3,(H,14,15). The molecule has 0 unspecified atom stereocenters. The molecule has 1 aromatic rings. The van der Waals surface area contributed by atoms with Crippen molar-refractivity contribution in [2.45, 2.75) is 39.4 Å². The summed E-state index contributed by atoms with van der Waals surface area (Å²) in [5.74, 6) is 0.295. The number of anilines is 1. The second-order valence-electron chi connectivity index (χ2n) is 3.73. The second-order valence-corrected chi connectivity index (χ2v) is 3.73. The van der Waals surface area contributed by atoms with E-state index in [-0.39, 0.29) is 0 Å². The van der Waals surface area contributed by atoms with E-state index in [0.29, 0.717) is 18.2 Å². The predicted molar refractivity (Wildman–Crippen MR) is 56.4 cm³/mol. The van der Waals surface area contributed by atoms with Crippen LogP contribution < -0.4 is 5.32 Å². The van der Waals surface area contributed by atoms with Crippen molar-refractivity contribution in [1.29, 1.82) is 0 Å². The third-order valence-corrected chi connectivity index (χ3v) is 2.06. The van der Waals surface area contributed by atoms with Crippen LogP contribution in [0.2, 0.25) is 0 Å². The number of aryl methyl sites for hydroxylation is 1. The predicted octanol–water partition coefficient (Wildman–Crippen LogP) is 2.97. The van der Waals surface area contributed by atoms with Gasteiger partial charge < -0.3 is 9.88 Å². The first-order chi connectivity index (χ1) is 7.42. The topological polar surface area (TPSA) is 29.9 Å². The number of nitrogens with one attached hydrogen (secondary N) is 1. The second kappa shape index (κ2) is 5.23. The van der Waals surface area contributed by atoms with Crippen LogP contribution in [0.1, 0.15) is 25.5 Å². The average Bonchev–Trinajstić information content (AvgIpc) is 2.44. The molecule has 16 heavy (non-hydrogen) atoms. The molecule has 1 aromatic heterocycles. The molecule has 6 heteroatoms. The molecule has 0 aliphatic rings. The van der Waals surface area contributed by atoms with E-state index in [0.717, 1.165) is 17.4 Å². The van der Waals surface area contributed by atoms with Gasteiger partial charge in [-0.25, -0.2) is 4.98 Å². The van der Waals surface area contributed by atoms with E-state index in [1.54, 1.807) is 6.92 Å². The van der Waals surface area contributed by atoms with Crippen LogP contribution in [0.3, 0.4) is 0 Å². The molecule has 0 radical (unpaired) electrons. The summed E-state index contributed by atoms with van der Waals surface area (Å²) in [5.41, 5.74) is 0.586. The third-order valence-electron chi connectivity index (χ3n) is 2.06. The van der Waals surface area contributed by atoms with Crippen LogP contribution in [0.4, 0.5) is 19.1 Å². The van der Waals surface area contributed by atoms with Crippen molar-refractivity contribution in [2.75, 3.05) is 11.9 Å². The van der Waals surface area contributed by atoms with Gasteiger partial charge in [-0.1, -0.05) is 13.3 Å². The molecule has 0 saturated carbocycles. The molecule has 0 aliphatic carbocycles. The molecule has 1 N–H and O–H groups in total. The Morgan fingerprint density at radius 1 is 1.44 bits per heavy atom. The van der Waals surface area contributed by atoms with Crippen LogP contribution >= 0.6 is 0 Å². The number of nitrogens with zero attached hydrogens (tertiary/aromatic N) is 2. The van der Waals surface area contributed by atoms with Gasteiger partial charge in [0.05, 0.1) is 5.69 Å². The highest BCUT2D eigenvalue weighted by Gasteiger charge is 2.29. The summed E-state index contributed by atoms with van der Waals surface area (Å²) in [6, 6.07) is 0. The molecule has 3 nitrogen and oxygen atoms in total. The number of alkyl halides is 3. The number of imidazole rings is 1. The maximum Gasteiger partial charge on any atom is 0.406 e. The first-order valence-electron chi connectivity index (χ1n) is 5.27. The van der Waals surface area contributed by atoms with Crippen molar-refractivity contribution < 1.29 is 13.2 Å². The molecular formula is C10H16F3N3. The zero-order valence-electron chi connectivity index (χ0n) is 9.43. The highest BCUT2D eigenvalue weighted by Crippen LogP contribution is 2.20. The van der Waals surface area contributed by atoms with E-state index in [4.69, 9.17) is 0 Å². The molecule has 1 heterocycles. The molecule has 0 fully saturated rings. The first kappa shape index (κ1) is 12.9. The van der Waals surface area contributed by atoms with Crippen LogP contribution in [0, 0.1) is 6.92 Å². The fourth-order valence-corrected chi connectivity index (χ4v) is 1.38. The number of unbranched alkanes of at least 4 members (excludes halogenated alkanes) is 1. The largest absolute Gasteiger partial charge is 0.406 e. The lowest BCUT2D eigenvalue weighted by Crippen LogP contribution is -2.19. The Morgan fingerprint density at radius 3 is 2.69 bits per heavy atom. The highest BCUT2D eigenvalue weighted by atomic mass is 19.4. The van der Waals surface area contributed by atoms with E-state index in [9.17, 15) is 13.2 Å². The van der Waals surface area contributed by atoms with E-state index in [1.165, 1.54) is 6.20 Å². The van der Waals surface area contributed by atoms with Crippen molar-refractivity contribution in [1.82, 2.24) is 9.55 Å². The van der Waals surface area contributed by atoms with Gasteiger partial charge in [-0.15, -0.1) is 0 Å². The van der Waals surface area contributed by atoms with Crippen LogP contribution in [0.5, 0.6) is 0 Å². The molecule has 92 valence electrons. The summed E-state index contributed by atoms with van der Waals surface area (Å²) in [6.07, 6.45) is -0.903. The normalized spacial score (nSPS) is 11.8. The Morgan fingerprint density at radius 2 is 2.12 bits per heavy atom. The van der Waals surface area contributed by atoms with Gasteiger partial charge in [-0.2, -0.15) is 13.2 Å². The Hall–Kier alpha value is -1.20. The molecule has 0 spiro atoms. The number of hydrogen-bond acceptors (Lipinski definition) is 2. The zero-order chi connectivity index (χ0) is 12.2. The van der Waals surface area contributed by atoms with Gasteiger partial charge >= 0.3 is 6.18 Å². The van der Waals surface area contributed by atoms with Gasteiger partial charge in [0, 0.05) is 12.7 Å². The molecule has 0 amide bonds. The van der Waals surface area contributed by atoms with E-state index < -0.39 is 12.7 Å². The summed E-state index contributed by atoms with van der Waals surface area (Å²) in [7, 11) is 0. The van der Waals surface area contributed by atoms with E-state index in [2.05, 4.69) is 10.3 Å². The highest BCUT2D eigenvalue weighted by molar-refractivity contribution is 5.28. The lowest BCUT2D eigenvalue weighted by molar-refractivity contribution is -0.140.